The molecule has 0 aliphatic carbocycles. The summed E-state index contributed by atoms with van der Waals surface area (Å²) in [6, 6.07) is 11.1. The van der Waals surface area contributed by atoms with E-state index in [9.17, 15) is 8.42 Å². The SMILES string of the molecule is CCCS(=O)(=O)Nc1ccc(NCc2cccnc2)cc1. The van der Waals surface area contributed by atoms with Gasteiger partial charge in [0.05, 0.1) is 5.75 Å². The summed E-state index contributed by atoms with van der Waals surface area (Å²) in [7, 11) is -3.23. The number of nitrogens with zero attached hydrogens (tertiary/aromatic N) is 1. The zero-order valence-electron chi connectivity index (χ0n) is 11.9. The van der Waals surface area contributed by atoms with Crippen LogP contribution in [0.25, 0.3) is 0 Å². The lowest BCUT2D eigenvalue weighted by atomic mass is 10.2. The molecular weight excluding hydrogens is 286 g/mol. The largest absolute Gasteiger partial charge is 0.381 e. The van der Waals surface area contributed by atoms with Crippen LogP contribution in [0.15, 0.2) is 48.8 Å². The van der Waals surface area contributed by atoms with Crippen LogP contribution in [-0.2, 0) is 16.6 Å². The summed E-state index contributed by atoms with van der Waals surface area (Å²) in [4.78, 5) is 4.05. The predicted octanol–water partition coefficient (Wildman–Crippen LogP) is 2.85. The van der Waals surface area contributed by atoms with Gasteiger partial charge in [0.25, 0.3) is 0 Å². The maximum Gasteiger partial charge on any atom is 0.232 e. The van der Waals surface area contributed by atoms with Crippen molar-refractivity contribution in [2.75, 3.05) is 15.8 Å². The van der Waals surface area contributed by atoms with Crippen molar-refractivity contribution >= 4 is 21.4 Å². The standard InChI is InChI=1S/C15H19N3O2S/c1-2-10-21(19,20)18-15-7-5-14(6-8-15)17-12-13-4-3-9-16-11-13/h3-9,11,17-18H,2,10,12H2,1H3. The Morgan fingerprint density at radius 1 is 1.10 bits per heavy atom. The van der Waals surface area contributed by atoms with E-state index < -0.39 is 10.0 Å². The highest BCUT2D eigenvalue weighted by Gasteiger charge is 2.08. The van der Waals surface area contributed by atoms with Gasteiger partial charge in [-0.2, -0.15) is 0 Å². The van der Waals surface area contributed by atoms with Gasteiger partial charge in [0, 0.05) is 30.3 Å². The molecule has 0 unspecified atom stereocenters. The molecule has 0 fully saturated rings. The average Bonchev–Trinajstić information content (AvgIpc) is 2.47. The minimum Gasteiger partial charge on any atom is -0.381 e. The van der Waals surface area contributed by atoms with Crippen molar-refractivity contribution in [2.45, 2.75) is 19.9 Å². The first kappa shape index (κ1) is 15.3. The number of nitrogens with one attached hydrogen (secondary N) is 2. The molecule has 0 bridgehead atoms. The highest BCUT2D eigenvalue weighted by molar-refractivity contribution is 7.92. The van der Waals surface area contributed by atoms with Crippen molar-refractivity contribution in [2.24, 2.45) is 0 Å². The molecule has 2 aromatic rings. The van der Waals surface area contributed by atoms with Gasteiger partial charge >= 0.3 is 0 Å². The Morgan fingerprint density at radius 2 is 1.81 bits per heavy atom. The Bertz CT molecular complexity index is 655. The molecule has 0 spiro atoms. The molecule has 1 aromatic carbocycles. The molecule has 6 heteroatoms. The molecule has 0 aliphatic heterocycles. The number of hydrogen-bond donors (Lipinski definition) is 2. The normalized spacial score (nSPS) is 11.1. The lowest BCUT2D eigenvalue weighted by Gasteiger charge is -2.09. The second-order valence-electron chi connectivity index (χ2n) is 4.71. The van der Waals surface area contributed by atoms with E-state index in [4.69, 9.17) is 0 Å². The summed E-state index contributed by atoms with van der Waals surface area (Å²) in [6.45, 7) is 2.51. The first-order valence-electron chi connectivity index (χ1n) is 6.82. The Balaban J connectivity index is 1.93. The molecule has 112 valence electrons. The molecule has 2 rings (SSSR count). The van der Waals surface area contributed by atoms with Gasteiger partial charge < -0.3 is 5.32 Å². The maximum atomic E-state index is 11.7. The van der Waals surface area contributed by atoms with Gasteiger partial charge in [-0.3, -0.25) is 9.71 Å². The van der Waals surface area contributed by atoms with Crippen LogP contribution in [0, 0.1) is 0 Å². The van der Waals surface area contributed by atoms with E-state index in [0.29, 0.717) is 18.7 Å². The third-order valence-electron chi connectivity index (χ3n) is 2.85. The summed E-state index contributed by atoms with van der Waals surface area (Å²) >= 11 is 0. The third-order valence-corrected chi connectivity index (χ3v) is 4.34. The van der Waals surface area contributed by atoms with E-state index in [1.165, 1.54) is 0 Å². The molecule has 2 N–H and O–H groups in total. The molecular formula is C15H19N3O2S. The molecule has 0 saturated carbocycles. The number of sulfonamides is 1. The smallest absolute Gasteiger partial charge is 0.232 e. The first-order valence-corrected chi connectivity index (χ1v) is 8.47. The van der Waals surface area contributed by atoms with Gasteiger partial charge in [0.1, 0.15) is 0 Å². The van der Waals surface area contributed by atoms with Crippen molar-refractivity contribution in [1.82, 2.24) is 4.98 Å². The van der Waals surface area contributed by atoms with Crippen LogP contribution in [0.1, 0.15) is 18.9 Å². The van der Waals surface area contributed by atoms with Crippen LogP contribution >= 0.6 is 0 Å². The van der Waals surface area contributed by atoms with Gasteiger partial charge in [-0.25, -0.2) is 8.42 Å². The molecule has 0 saturated heterocycles. The van der Waals surface area contributed by atoms with Gasteiger partial charge in [-0.15, -0.1) is 0 Å². The summed E-state index contributed by atoms with van der Waals surface area (Å²) < 4.78 is 25.9. The van der Waals surface area contributed by atoms with E-state index in [1.54, 1.807) is 24.5 Å². The minimum absolute atomic E-state index is 0.133. The topological polar surface area (TPSA) is 71.1 Å². The van der Waals surface area contributed by atoms with Crippen LogP contribution in [0.2, 0.25) is 0 Å². The van der Waals surface area contributed by atoms with E-state index in [1.807, 2.05) is 31.2 Å². The quantitative estimate of drug-likeness (QED) is 0.825. The average molecular weight is 305 g/mol. The first-order chi connectivity index (χ1) is 10.1. The molecule has 1 aromatic heterocycles. The van der Waals surface area contributed by atoms with Crippen LogP contribution in [0.5, 0.6) is 0 Å². The summed E-state index contributed by atoms with van der Waals surface area (Å²) in [5.41, 5.74) is 2.60. The third kappa shape index (κ3) is 5.07. The Kier molecular flexibility index (Phi) is 5.16. The number of benzene rings is 1. The van der Waals surface area contributed by atoms with E-state index in [0.717, 1.165) is 11.3 Å². The number of pyridine rings is 1. The fourth-order valence-electron chi connectivity index (χ4n) is 1.86. The number of aromatic nitrogens is 1. The predicted molar refractivity (Wildman–Crippen MR) is 85.7 cm³/mol. The lowest BCUT2D eigenvalue weighted by molar-refractivity contribution is 0.600. The molecule has 5 nitrogen and oxygen atoms in total. The summed E-state index contributed by atoms with van der Waals surface area (Å²) in [5.74, 6) is 0.133. The van der Waals surface area contributed by atoms with E-state index in [2.05, 4.69) is 15.0 Å². The fraction of sp³-hybridized carbons (Fsp3) is 0.267. The lowest BCUT2D eigenvalue weighted by Crippen LogP contribution is -2.15. The second-order valence-corrected chi connectivity index (χ2v) is 6.55. The van der Waals surface area contributed by atoms with Crippen molar-refractivity contribution < 1.29 is 8.42 Å². The van der Waals surface area contributed by atoms with Crippen LogP contribution < -0.4 is 10.0 Å². The highest BCUT2D eigenvalue weighted by atomic mass is 32.2. The van der Waals surface area contributed by atoms with Crippen molar-refractivity contribution in [3.8, 4) is 0 Å². The summed E-state index contributed by atoms with van der Waals surface area (Å²) in [5, 5.41) is 3.26. The van der Waals surface area contributed by atoms with Crippen molar-refractivity contribution in [1.29, 1.82) is 0 Å². The van der Waals surface area contributed by atoms with Crippen LogP contribution in [-0.4, -0.2) is 19.2 Å². The molecule has 0 atom stereocenters. The van der Waals surface area contributed by atoms with Gasteiger partial charge in [-0.1, -0.05) is 13.0 Å². The molecule has 0 radical (unpaired) electrons. The zero-order valence-corrected chi connectivity index (χ0v) is 12.7. The van der Waals surface area contributed by atoms with Crippen LogP contribution in [0.4, 0.5) is 11.4 Å². The second kappa shape index (κ2) is 7.08. The maximum absolute atomic E-state index is 11.7. The number of rotatable bonds is 7. The van der Waals surface area contributed by atoms with Crippen molar-refractivity contribution in [3.05, 3.63) is 54.4 Å². The van der Waals surface area contributed by atoms with Gasteiger partial charge in [-0.05, 0) is 42.3 Å². The summed E-state index contributed by atoms with van der Waals surface area (Å²) in [6.07, 6.45) is 4.14. The van der Waals surface area contributed by atoms with E-state index >= 15 is 0 Å². The van der Waals surface area contributed by atoms with Crippen LogP contribution in [0.3, 0.4) is 0 Å². The Morgan fingerprint density at radius 3 is 2.43 bits per heavy atom. The number of anilines is 2. The molecule has 0 amide bonds. The molecule has 21 heavy (non-hydrogen) atoms. The monoisotopic (exact) mass is 305 g/mol. The Labute approximate surface area is 125 Å². The van der Waals surface area contributed by atoms with Crippen molar-refractivity contribution in [3.63, 3.8) is 0 Å². The molecule has 1 heterocycles. The zero-order chi connectivity index (χ0) is 15.1. The van der Waals surface area contributed by atoms with Gasteiger partial charge in [0.15, 0.2) is 0 Å². The minimum atomic E-state index is -3.23. The number of hydrogen-bond acceptors (Lipinski definition) is 4. The Hall–Kier alpha value is -2.08. The highest BCUT2D eigenvalue weighted by Crippen LogP contribution is 2.15. The van der Waals surface area contributed by atoms with E-state index in [-0.39, 0.29) is 5.75 Å². The fourth-order valence-corrected chi connectivity index (χ4v) is 3.00. The van der Waals surface area contributed by atoms with Gasteiger partial charge in [0.2, 0.25) is 10.0 Å². The molecule has 0 aliphatic rings.